The number of rotatable bonds is 17. The second-order valence-corrected chi connectivity index (χ2v) is 20.3. The van der Waals surface area contributed by atoms with Crippen LogP contribution in [0.25, 0.3) is 21.9 Å². The van der Waals surface area contributed by atoms with E-state index < -0.39 is 53.5 Å². The SMILES string of the molecule is N[C@H](CN1CCCC1)C(O)c1ccc(OC2COC2)c(Cl)c1.O=C(N[C@H](CN1CCCC1)[C@H](O)c1ccc(OC2COC2)c(Cl)c1)C(F)(F)c1cc2cc(Cl)ccc2o1.O=C(O)C(F)(F)c1cc2cc(Cl)ccc2o1.[U]. The minimum atomic E-state index is -4.04. The summed E-state index contributed by atoms with van der Waals surface area (Å²) in [6.07, 6.45) is 2.30. The fraction of sp³-hybridized carbons (Fsp3) is 0.423. The number of aliphatic hydroxyl groups excluding tert-OH is 2. The summed E-state index contributed by atoms with van der Waals surface area (Å²) in [6, 6.07) is 19.6. The molecule has 10 rings (SSSR count). The summed E-state index contributed by atoms with van der Waals surface area (Å²) < 4.78 is 88.3. The van der Waals surface area contributed by atoms with Crippen LogP contribution in [0, 0.1) is 31.1 Å². The van der Waals surface area contributed by atoms with Crippen LogP contribution in [-0.4, -0.2) is 127 Å². The molecule has 6 heterocycles. The van der Waals surface area contributed by atoms with Crippen molar-refractivity contribution in [1.82, 2.24) is 15.1 Å². The van der Waals surface area contributed by atoms with Gasteiger partial charge in [0.15, 0.2) is 11.5 Å². The molecule has 24 heteroatoms. The first kappa shape index (κ1) is 59.8. The van der Waals surface area contributed by atoms with E-state index >= 15 is 8.78 Å². The molecule has 2 aromatic heterocycles. The number of alkyl halides is 4. The Bertz CT molecular complexity index is 2940. The van der Waals surface area contributed by atoms with E-state index in [4.69, 9.17) is 85.0 Å². The van der Waals surface area contributed by atoms with Gasteiger partial charge in [-0.05, 0) is 136 Å². The van der Waals surface area contributed by atoms with E-state index in [-0.39, 0.29) is 72.1 Å². The van der Waals surface area contributed by atoms with Crippen molar-refractivity contribution >= 4 is 80.2 Å². The summed E-state index contributed by atoms with van der Waals surface area (Å²) >= 11 is 24.2. The quantitative estimate of drug-likeness (QED) is 0.0540. The Morgan fingerprint density at radius 3 is 1.50 bits per heavy atom. The van der Waals surface area contributed by atoms with Crippen LogP contribution in [0.5, 0.6) is 11.5 Å². The predicted molar refractivity (Wildman–Crippen MR) is 272 cm³/mol. The normalized spacial score (nSPS) is 18.0. The number of aliphatic carboxylic acids is 1. The van der Waals surface area contributed by atoms with Gasteiger partial charge in [-0.2, -0.15) is 17.6 Å². The minimum Gasteiger partial charge on any atom is -0.484 e. The third-order valence-corrected chi connectivity index (χ3v) is 14.0. The van der Waals surface area contributed by atoms with Gasteiger partial charge in [0, 0.05) is 71.1 Å². The Balaban J connectivity index is 0.000000182. The van der Waals surface area contributed by atoms with E-state index in [9.17, 15) is 28.6 Å². The molecule has 4 aliphatic heterocycles. The number of benzene rings is 4. The molecule has 4 aromatic carbocycles. The third-order valence-electron chi connectivity index (χ3n) is 13.0. The number of hydrogen-bond acceptors (Lipinski definition) is 13. The van der Waals surface area contributed by atoms with Gasteiger partial charge in [-0.15, -0.1) is 0 Å². The maximum absolute atomic E-state index is 15.2. The molecule has 4 atom stereocenters. The number of nitrogens with zero attached hydrogens (tertiary/aromatic N) is 2. The van der Waals surface area contributed by atoms with Crippen molar-refractivity contribution < 1.29 is 101 Å². The van der Waals surface area contributed by atoms with Gasteiger partial charge in [-0.25, -0.2) is 4.79 Å². The molecule has 1 unspecified atom stereocenters. The standard InChI is InChI=1S/C26H26Cl2F2N2O5.C16H23ClN2O3.C10H5ClF2O3.U/c27-17-4-6-21-16(9-17)11-23(37-21)26(29,30)25(34)31-20(12-32-7-1-2-8-32)24(33)15-3-5-22(19(28)10-15)36-18-13-35-14-18;17-13-7-11(3-4-15(13)22-12-9-21-10-12)16(20)14(18)8-19-5-1-2-6-19;11-6-1-2-7-5(3-6)4-8(16-7)10(12,13)9(14)15;/h3-6,9-11,18,20,24,33H,1-2,7-8,12-14H2,(H,31,34);3-4,7,12,14,16,20H,1-2,5-6,8-10,18H2;1-4H,(H,14,15);/t20-,24-;14-,16?;;/m11../s1. The number of carboxylic acids is 1. The van der Waals surface area contributed by atoms with Crippen LogP contribution >= 0.6 is 46.4 Å². The number of ether oxygens (including phenoxy) is 4. The number of hydrogen-bond donors (Lipinski definition) is 5. The molecule has 4 fully saturated rings. The van der Waals surface area contributed by atoms with E-state index in [1.165, 1.54) is 55.3 Å². The molecule has 15 nitrogen and oxygen atoms in total. The average Bonchev–Trinajstić information content (AvgIpc) is 4.20. The van der Waals surface area contributed by atoms with Gasteiger partial charge in [0.25, 0.3) is 5.91 Å². The Morgan fingerprint density at radius 1 is 0.645 bits per heavy atom. The van der Waals surface area contributed by atoms with E-state index in [0.29, 0.717) is 75.9 Å². The number of furan rings is 2. The summed E-state index contributed by atoms with van der Waals surface area (Å²) in [5, 5.41) is 34.5. The van der Waals surface area contributed by atoms with Gasteiger partial charge in [0.2, 0.25) is 0 Å². The number of halogens is 8. The molecule has 0 aliphatic carbocycles. The van der Waals surface area contributed by atoms with Crippen LogP contribution in [0.2, 0.25) is 20.1 Å². The fourth-order valence-electron chi connectivity index (χ4n) is 8.64. The number of carbonyl (C=O) groups is 2. The molecule has 4 aliphatic rings. The third kappa shape index (κ3) is 14.9. The molecule has 408 valence electrons. The van der Waals surface area contributed by atoms with Crippen molar-refractivity contribution in [3.05, 3.63) is 128 Å². The molecule has 6 aromatic rings. The average molecular weight is 1370 g/mol. The van der Waals surface area contributed by atoms with Gasteiger partial charge in [0.05, 0.1) is 48.6 Å². The number of aliphatic hydroxyl groups is 2. The van der Waals surface area contributed by atoms with Crippen LogP contribution in [0.1, 0.15) is 60.5 Å². The van der Waals surface area contributed by atoms with Gasteiger partial charge in [0.1, 0.15) is 41.0 Å². The molecule has 4 saturated heterocycles. The first-order valence-corrected chi connectivity index (χ1v) is 25.6. The summed E-state index contributed by atoms with van der Waals surface area (Å²) in [5.41, 5.74) is 7.60. The molecule has 0 radical (unpaired) electrons. The Hall–Kier alpha value is -3.85. The number of amides is 1. The van der Waals surface area contributed by atoms with Gasteiger partial charge in [-0.3, -0.25) is 4.79 Å². The summed E-state index contributed by atoms with van der Waals surface area (Å²) in [4.78, 5) is 27.5. The van der Waals surface area contributed by atoms with Crippen LogP contribution in [0.3, 0.4) is 0 Å². The molecule has 1 amide bonds. The van der Waals surface area contributed by atoms with Crippen molar-refractivity contribution in [2.45, 2.75) is 74.0 Å². The second kappa shape index (κ2) is 26.4. The van der Waals surface area contributed by atoms with Crippen molar-refractivity contribution in [2.24, 2.45) is 5.73 Å². The number of carboxylic acid groups (broad SMARTS) is 1. The zero-order valence-electron chi connectivity index (χ0n) is 40.5. The Morgan fingerprint density at radius 2 is 1.08 bits per heavy atom. The van der Waals surface area contributed by atoms with Crippen molar-refractivity contribution in [3.63, 3.8) is 0 Å². The van der Waals surface area contributed by atoms with Gasteiger partial charge >= 0.3 is 17.8 Å². The molecular formula is C52H54Cl4F4N4O11U. The number of nitrogens with one attached hydrogen (secondary N) is 1. The van der Waals surface area contributed by atoms with E-state index in [1.54, 1.807) is 24.3 Å². The van der Waals surface area contributed by atoms with Crippen LogP contribution in [0.4, 0.5) is 17.6 Å². The number of nitrogens with two attached hydrogens (primary N) is 1. The predicted octanol–water partition coefficient (Wildman–Crippen LogP) is 9.76. The van der Waals surface area contributed by atoms with E-state index in [1.807, 2.05) is 11.0 Å². The van der Waals surface area contributed by atoms with E-state index in [2.05, 4.69) is 10.2 Å². The number of likely N-dealkylation sites (tertiary alicyclic amines) is 2. The van der Waals surface area contributed by atoms with Crippen molar-refractivity contribution in [2.75, 3.05) is 65.7 Å². The minimum absolute atomic E-state index is 0. The second-order valence-electron chi connectivity index (χ2n) is 18.6. The molecule has 6 N–H and O–H groups in total. The van der Waals surface area contributed by atoms with Crippen molar-refractivity contribution in [1.29, 1.82) is 0 Å². The molecule has 0 saturated carbocycles. The monoisotopic (exact) mass is 1360 g/mol. The smallest absolute Gasteiger partial charge is 0.399 e. The zero-order chi connectivity index (χ0) is 53.6. The number of fused-ring (bicyclic) bond motifs is 2. The summed E-state index contributed by atoms with van der Waals surface area (Å²) in [6.45, 7) is 6.66. The van der Waals surface area contributed by atoms with E-state index in [0.717, 1.165) is 56.7 Å². The first-order chi connectivity index (χ1) is 35.7. The maximum Gasteiger partial charge on any atom is 0.399 e. The summed E-state index contributed by atoms with van der Waals surface area (Å²) in [5.74, 6) is -12.5. The van der Waals surface area contributed by atoms with Gasteiger partial charge in [-0.1, -0.05) is 58.5 Å². The number of carbonyl (C=O) groups excluding carboxylic acids is 1. The van der Waals surface area contributed by atoms with Crippen molar-refractivity contribution in [3.8, 4) is 11.5 Å². The van der Waals surface area contributed by atoms with Crippen LogP contribution in [-0.2, 0) is 30.9 Å². The molecule has 76 heavy (non-hydrogen) atoms. The topological polar surface area (TPSA) is 203 Å². The Labute approximate surface area is 478 Å². The summed E-state index contributed by atoms with van der Waals surface area (Å²) in [7, 11) is 0. The fourth-order valence-corrected chi connectivity index (χ4v) is 9.47. The maximum atomic E-state index is 15.2. The van der Waals surface area contributed by atoms with Crippen LogP contribution in [0.15, 0.2) is 93.8 Å². The first-order valence-electron chi connectivity index (χ1n) is 24.1. The molecular weight excluding hydrogens is 1310 g/mol. The molecule has 0 spiro atoms. The molecule has 0 bridgehead atoms. The largest absolute Gasteiger partial charge is 0.484 e. The van der Waals surface area contributed by atoms with Gasteiger partial charge < -0.3 is 64.0 Å². The zero-order valence-corrected chi connectivity index (χ0v) is 47.7. The Kier molecular flexibility index (Phi) is 20.8. The van der Waals surface area contributed by atoms with Crippen LogP contribution < -0.4 is 20.5 Å².